The first-order valence-corrected chi connectivity index (χ1v) is 6.47. The van der Waals surface area contributed by atoms with Crippen molar-refractivity contribution >= 4 is 0 Å². The maximum atomic E-state index is 9.85. The van der Waals surface area contributed by atoms with E-state index in [9.17, 15) is 15.3 Å². The molecule has 1 atom stereocenters. The van der Waals surface area contributed by atoms with Crippen LogP contribution in [0.1, 0.15) is 35.9 Å². The molecule has 0 aliphatic carbocycles. The van der Waals surface area contributed by atoms with E-state index in [1.807, 2.05) is 6.92 Å². The highest BCUT2D eigenvalue weighted by atomic mass is 16.3. The van der Waals surface area contributed by atoms with Crippen molar-refractivity contribution < 1.29 is 15.3 Å². The largest absolute Gasteiger partial charge is 0.506 e. The lowest BCUT2D eigenvalue weighted by molar-refractivity contribution is 0.252. The molecule has 1 aromatic rings. The molecule has 0 fully saturated rings. The normalized spacial score (nSPS) is 12.0. The van der Waals surface area contributed by atoms with E-state index in [2.05, 4.69) is 15.0 Å². The van der Waals surface area contributed by atoms with Gasteiger partial charge in [0.15, 0.2) is 0 Å². The summed E-state index contributed by atoms with van der Waals surface area (Å²) >= 11 is 0. The van der Waals surface area contributed by atoms with Gasteiger partial charge in [-0.25, -0.2) is 0 Å². The molecule has 0 aliphatic rings. The van der Waals surface area contributed by atoms with Gasteiger partial charge in [-0.2, -0.15) is 0 Å². The molecule has 0 aliphatic heterocycles. The van der Waals surface area contributed by atoms with Crippen LogP contribution in [-0.4, -0.2) is 26.8 Å². The van der Waals surface area contributed by atoms with Crippen LogP contribution in [0.3, 0.4) is 0 Å². The van der Waals surface area contributed by atoms with Gasteiger partial charge in [0.2, 0.25) is 0 Å². The van der Waals surface area contributed by atoms with Gasteiger partial charge in [-0.3, -0.25) is 4.98 Å². The van der Waals surface area contributed by atoms with Gasteiger partial charge in [0.25, 0.3) is 0 Å². The van der Waals surface area contributed by atoms with Gasteiger partial charge >= 0.3 is 0 Å². The van der Waals surface area contributed by atoms with Crippen molar-refractivity contribution in [1.82, 2.24) is 4.98 Å². The molecule has 0 radical (unpaired) electrons. The van der Waals surface area contributed by atoms with Crippen LogP contribution in [0.2, 0.25) is 0 Å². The van der Waals surface area contributed by atoms with E-state index in [-0.39, 0.29) is 24.9 Å². The van der Waals surface area contributed by atoms with Crippen LogP contribution in [0.15, 0.2) is 5.11 Å². The third-order valence-electron chi connectivity index (χ3n) is 3.29. The Bertz CT molecular complexity index is 513. The summed E-state index contributed by atoms with van der Waals surface area (Å²) in [7, 11) is 0. The topological polar surface area (TPSA) is 122 Å². The molecule has 1 unspecified atom stereocenters. The van der Waals surface area contributed by atoms with Gasteiger partial charge in [-0.15, -0.1) is 0 Å². The first-order chi connectivity index (χ1) is 9.54. The first kappa shape index (κ1) is 16.2. The van der Waals surface area contributed by atoms with E-state index < -0.39 is 0 Å². The van der Waals surface area contributed by atoms with Crippen LogP contribution >= 0.6 is 0 Å². The molecule has 1 aromatic heterocycles. The number of aliphatic hydroxyl groups is 2. The lowest BCUT2D eigenvalue weighted by Crippen LogP contribution is -2.10. The number of azide groups is 1. The Morgan fingerprint density at radius 3 is 2.50 bits per heavy atom. The maximum absolute atomic E-state index is 9.85. The van der Waals surface area contributed by atoms with Crippen molar-refractivity contribution in [2.75, 3.05) is 6.54 Å². The Morgan fingerprint density at radius 2 is 1.95 bits per heavy atom. The van der Waals surface area contributed by atoms with Crippen molar-refractivity contribution in [2.24, 2.45) is 11.0 Å². The number of aromatic hydroxyl groups is 1. The van der Waals surface area contributed by atoms with Crippen LogP contribution in [0, 0.1) is 12.8 Å². The lowest BCUT2D eigenvalue weighted by Gasteiger charge is -2.17. The lowest BCUT2D eigenvalue weighted by atomic mass is 9.95. The van der Waals surface area contributed by atoms with E-state index in [1.54, 1.807) is 6.92 Å². The Kier molecular flexibility index (Phi) is 6.24. The van der Waals surface area contributed by atoms with Gasteiger partial charge < -0.3 is 15.3 Å². The fraction of sp³-hybridized carbons (Fsp3) is 0.615. The molecule has 3 N–H and O–H groups in total. The Balaban J connectivity index is 2.99. The zero-order chi connectivity index (χ0) is 15.1. The Morgan fingerprint density at radius 1 is 1.30 bits per heavy atom. The molecule has 0 bridgehead atoms. The third-order valence-corrected chi connectivity index (χ3v) is 3.29. The summed E-state index contributed by atoms with van der Waals surface area (Å²) in [6.45, 7) is 3.44. The maximum Gasteiger partial charge on any atom is 0.142 e. The Hall–Kier alpha value is -1.82. The fourth-order valence-corrected chi connectivity index (χ4v) is 2.14. The summed E-state index contributed by atoms with van der Waals surface area (Å²) in [6.07, 6.45) is 1.30. The number of rotatable bonds is 7. The predicted molar refractivity (Wildman–Crippen MR) is 74.0 cm³/mol. The summed E-state index contributed by atoms with van der Waals surface area (Å²) in [5, 5.41) is 32.1. The number of pyridine rings is 1. The molecule has 0 spiro atoms. The van der Waals surface area contributed by atoms with Crippen LogP contribution < -0.4 is 0 Å². The second kappa shape index (κ2) is 7.69. The van der Waals surface area contributed by atoms with Gasteiger partial charge in [0.05, 0.1) is 18.9 Å². The van der Waals surface area contributed by atoms with Crippen molar-refractivity contribution in [3.8, 4) is 5.75 Å². The van der Waals surface area contributed by atoms with Crippen LogP contribution in [-0.2, 0) is 19.6 Å². The van der Waals surface area contributed by atoms with E-state index in [4.69, 9.17) is 5.53 Å². The highest BCUT2D eigenvalue weighted by Crippen LogP contribution is 2.28. The molecule has 0 aromatic carbocycles. The number of nitrogens with zero attached hydrogens (tertiary/aromatic N) is 4. The highest BCUT2D eigenvalue weighted by Gasteiger charge is 2.17. The molecular formula is C13H20N4O3. The van der Waals surface area contributed by atoms with E-state index >= 15 is 0 Å². The highest BCUT2D eigenvalue weighted by molar-refractivity contribution is 5.43. The quantitative estimate of drug-likeness (QED) is 0.401. The average Bonchev–Trinajstić information content (AvgIpc) is 2.42. The second-order valence-electron chi connectivity index (χ2n) is 4.82. The molecule has 0 saturated carbocycles. The number of hydrogen-bond acceptors (Lipinski definition) is 5. The van der Waals surface area contributed by atoms with E-state index in [1.165, 1.54) is 0 Å². The number of hydrogen-bond donors (Lipinski definition) is 3. The summed E-state index contributed by atoms with van der Waals surface area (Å²) in [4.78, 5) is 7.00. The van der Waals surface area contributed by atoms with Gasteiger partial charge in [0.1, 0.15) is 5.75 Å². The monoisotopic (exact) mass is 280 g/mol. The summed E-state index contributed by atoms with van der Waals surface area (Å²) in [6, 6.07) is 0. The number of aromatic nitrogens is 1. The number of aryl methyl sites for hydroxylation is 1. The van der Waals surface area contributed by atoms with Crippen molar-refractivity contribution in [2.45, 2.75) is 39.9 Å². The van der Waals surface area contributed by atoms with E-state index in [0.29, 0.717) is 41.9 Å². The van der Waals surface area contributed by atoms with Gasteiger partial charge in [0, 0.05) is 28.3 Å². The molecule has 20 heavy (non-hydrogen) atoms. The third kappa shape index (κ3) is 3.84. The molecular weight excluding hydrogens is 260 g/mol. The second-order valence-corrected chi connectivity index (χ2v) is 4.82. The standard InChI is InChI=1S/C13H20N4O3/c1-8(3-4-15-17-14)5-12-10(6-18)11(7-19)13(20)9(2)16-12/h8,18-20H,3-7H2,1-2H3. The van der Waals surface area contributed by atoms with Crippen LogP contribution in [0.5, 0.6) is 5.75 Å². The average molecular weight is 280 g/mol. The fourth-order valence-electron chi connectivity index (χ4n) is 2.14. The molecule has 7 heteroatoms. The zero-order valence-corrected chi connectivity index (χ0v) is 11.7. The molecule has 1 rings (SSSR count). The predicted octanol–water partition coefficient (Wildman–Crippen LogP) is 1.96. The minimum absolute atomic E-state index is 0.0676. The summed E-state index contributed by atoms with van der Waals surface area (Å²) in [5.74, 6) is 0.149. The van der Waals surface area contributed by atoms with Crippen molar-refractivity contribution in [3.05, 3.63) is 33.0 Å². The molecule has 0 amide bonds. The SMILES string of the molecule is Cc1nc(CC(C)CCN=[N+]=[N-])c(CO)c(CO)c1O. The van der Waals surface area contributed by atoms with Gasteiger partial charge in [-0.05, 0) is 31.2 Å². The smallest absolute Gasteiger partial charge is 0.142 e. The minimum Gasteiger partial charge on any atom is -0.506 e. The first-order valence-electron chi connectivity index (χ1n) is 6.47. The van der Waals surface area contributed by atoms with Crippen LogP contribution in [0.4, 0.5) is 0 Å². The van der Waals surface area contributed by atoms with E-state index in [0.717, 1.165) is 0 Å². The summed E-state index contributed by atoms with van der Waals surface area (Å²) < 4.78 is 0. The molecule has 7 nitrogen and oxygen atoms in total. The molecule has 0 saturated heterocycles. The van der Waals surface area contributed by atoms with Crippen molar-refractivity contribution in [3.63, 3.8) is 0 Å². The Labute approximate surface area is 117 Å². The van der Waals surface area contributed by atoms with Crippen molar-refractivity contribution in [1.29, 1.82) is 0 Å². The number of aliphatic hydroxyl groups excluding tert-OH is 2. The summed E-state index contributed by atoms with van der Waals surface area (Å²) in [5.41, 5.74) is 10.2. The molecule has 1 heterocycles. The van der Waals surface area contributed by atoms with Gasteiger partial charge in [-0.1, -0.05) is 12.0 Å². The minimum atomic E-state index is -0.342. The zero-order valence-electron chi connectivity index (χ0n) is 11.7. The van der Waals surface area contributed by atoms with Crippen LogP contribution in [0.25, 0.3) is 10.4 Å². The molecule has 110 valence electrons.